The molecule has 1 aliphatic carbocycles. The van der Waals surface area contributed by atoms with E-state index in [1.807, 2.05) is 0 Å². The lowest BCUT2D eigenvalue weighted by atomic mass is 9.85. The zero-order chi connectivity index (χ0) is 25.0. The van der Waals surface area contributed by atoms with Crippen LogP contribution in [0.2, 0.25) is 0 Å². The summed E-state index contributed by atoms with van der Waals surface area (Å²) in [6, 6.07) is 4.89. The van der Waals surface area contributed by atoms with Crippen molar-refractivity contribution >= 4 is 22.7 Å². The molecule has 10 heteroatoms. The molecule has 0 amide bonds. The second-order valence-electron chi connectivity index (χ2n) is 8.65. The maximum atomic E-state index is 13.1. The first-order valence-corrected chi connectivity index (χ1v) is 12.3. The molecule has 4 aromatic rings. The van der Waals surface area contributed by atoms with Gasteiger partial charge in [-0.2, -0.15) is 13.2 Å². The van der Waals surface area contributed by atoms with Gasteiger partial charge >= 0.3 is 6.18 Å². The molecule has 1 fully saturated rings. The summed E-state index contributed by atoms with van der Waals surface area (Å²) in [5, 5.41) is 0. The Hall–Kier alpha value is -3.14. The van der Waals surface area contributed by atoms with Crippen LogP contribution in [0.3, 0.4) is 0 Å². The van der Waals surface area contributed by atoms with Crippen LogP contribution in [0.4, 0.5) is 13.2 Å². The highest BCUT2D eigenvalue weighted by molar-refractivity contribution is 7.05. The van der Waals surface area contributed by atoms with Crippen molar-refractivity contribution in [2.24, 2.45) is 0 Å². The Morgan fingerprint density at radius 3 is 2.51 bits per heavy atom. The van der Waals surface area contributed by atoms with Crippen molar-refractivity contribution < 1.29 is 13.2 Å². The molecule has 0 N–H and O–H groups in total. The van der Waals surface area contributed by atoms with Crippen LogP contribution < -0.4 is 5.56 Å². The standard InChI is InChI=1S/C15H11F3N4O.C10H15NS/c1-9-7-20-11-4-5-13(23)22(14(11)21-9)8-12-10(15(16,17)18)3-2-6-19-12;1-8-10(7-11-12-8)9-5-3-2-4-6-9/h2-7H,8H2,1H3;7,9H,2-6H2,1H3. The molecular formula is C25H26F3N5OS. The van der Waals surface area contributed by atoms with E-state index in [-0.39, 0.29) is 17.9 Å². The summed E-state index contributed by atoms with van der Waals surface area (Å²) in [5.74, 6) is 0.831. The number of aryl methyl sites for hydroxylation is 2. The Balaban J connectivity index is 0.000000201. The maximum absolute atomic E-state index is 13.1. The molecule has 0 unspecified atom stereocenters. The number of fused-ring (bicyclic) bond motifs is 1. The number of halogens is 3. The quantitative estimate of drug-likeness (QED) is 0.341. The maximum Gasteiger partial charge on any atom is 0.418 e. The van der Waals surface area contributed by atoms with Gasteiger partial charge in [-0.1, -0.05) is 19.3 Å². The predicted molar refractivity (Wildman–Crippen MR) is 130 cm³/mol. The van der Waals surface area contributed by atoms with Gasteiger partial charge in [-0.25, -0.2) is 9.36 Å². The summed E-state index contributed by atoms with van der Waals surface area (Å²) in [7, 11) is 0. The summed E-state index contributed by atoms with van der Waals surface area (Å²) in [6.45, 7) is 3.56. The lowest BCUT2D eigenvalue weighted by Crippen LogP contribution is -2.23. The van der Waals surface area contributed by atoms with Gasteiger partial charge in [0.05, 0.1) is 23.5 Å². The summed E-state index contributed by atoms with van der Waals surface area (Å²) < 4.78 is 44.6. The number of nitrogens with zero attached hydrogens (tertiary/aromatic N) is 5. The molecule has 4 heterocycles. The average Bonchev–Trinajstić information content (AvgIpc) is 3.27. The average molecular weight is 502 g/mol. The molecule has 0 spiro atoms. The third kappa shape index (κ3) is 5.93. The van der Waals surface area contributed by atoms with Crippen LogP contribution in [0.15, 0.2) is 47.7 Å². The van der Waals surface area contributed by atoms with E-state index in [0.717, 1.165) is 16.6 Å². The van der Waals surface area contributed by atoms with Crippen molar-refractivity contribution in [3.63, 3.8) is 0 Å². The lowest BCUT2D eigenvalue weighted by Gasteiger charge is -2.20. The largest absolute Gasteiger partial charge is 0.418 e. The van der Waals surface area contributed by atoms with E-state index >= 15 is 0 Å². The molecule has 1 aliphatic rings. The Kier molecular flexibility index (Phi) is 7.59. The van der Waals surface area contributed by atoms with Crippen LogP contribution in [-0.4, -0.2) is 23.9 Å². The number of rotatable bonds is 3. The third-order valence-corrected chi connectivity index (χ3v) is 6.86. The molecule has 0 bridgehead atoms. The van der Waals surface area contributed by atoms with Gasteiger partial charge in [0.2, 0.25) is 0 Å². The molecule has 4 aromatic heterocycles. The minimum absolute atomic E-state index is 0.233. The Morgan fingerprint density at radius 2 is 1.83 bits per heavy atom. The van der Waals surface area contributed by atoms with E-state index < -0.39 is 17.3 Å². The van der Waals surface area contributed by atoms with Gasteiger partial charge in [-0.15, -0.1) is 0 Å². The van der Waals surface area contributed by atoms with Gasteiger partial charge in [0.25, 0.3) is 5.56 Å². The molecule has 0 atom stereocenters. The van der Waals surface area contributed by atoms with Crippen LogP contribution in [0.1, 0.15) is 65.4 Å². The summed E-state index contributed by atoms with van der Waals surface area (Å²) in [6.07, 6.45) is 7.37. The van der Waals surface area contributed by atoms with Crippen molar-refractivity contribution in [2.75, 3.05) is 0 Å². The predicted octanol–water partition coefficient (Wildman–Crippen LogP) is 6.06. The van der Waals surface area contributed by atoms with Crippen LogP contribution in [0, 0.1) is 13.8 Å². The fraction of sp³-hybridized carbons (Fsp3) is 0.400. The number of alkyl halides is 3. The molecule has 184 valence electrons. The Labute approximate surface area is 205 Å². The van der Waals surface area contributed by atoms with Gasteiger partial charge in [-0.3, -0.25) is 19.3 Å². The minimum Gasteiger partial charge on any atom is -0.285 e. The van der Waals surface area contributed by atoms with E-state index in [1.165, 1.54) is 73.1 Å². The minimum atomic E-state index is -4.54. The third-order valence-electron chi connectivity index (χ3n) is 6.14. The fourth-order valence-electron chi connectivity index (χ4n) is 4.37. The second kappa shape index (κ2) is 10.6. The topological polar surface area (TPSA) is 73.6 Å². The molecule has 35 heavy (non-hydrogen) atoms. The van der Waals surface area contributed by atoms with Crippen molar-refractivity contribution in [2.45, 2.75) is 64.6 Å². The molecule has 0 saturated heterocycles. The molecular weight excluding hydrogens is 475 g/mol. The van der Waals surface area contributed by atoms with Crippen molar-refractivity contribution in [3.8, 4) is 0 Å². The van der Waals surface area contributed by atoms with Gasteiger partial charge in [0, 0.05) is 29.5 Å². The van der Waals surface area contributed by atoms with E-state index in [2.05, 4.69) is 32.4 Å². The number of aromatic nitrogens is 5. The highest BCUT2D eigenvalue weighted by atomic mass is 32.1. The first-order valence-electron chi connectivity index (χ1n) is 11.5. The van der Waals surface area contributed by atoms with Gasteiger partial charge < -0.3 is 0 Å². The molecule has 5 rings (SSSR count). The first-order chi connectivity index (χ1) is 16.7. The lowest BCUT2D eigenvalue weighted by molar-refractivity contribution is -0.138. The van der Waals surface area contributed by atoms with Gasteiger partial charge in [0.1, 0.15) is 5.52 Å². The van der Waals surface area contributed by atoms with E-state index in [1.54, 1.807) is 18.5 Å². The van der Waals surface area contributed by atoms with Crippen molar-refractivity contribution in [3.05, 3.63) is 80.6 Å². The second-order valence-corrected chi connectivity index (χ2v) is 9.65. The summed E-state index contributed by atoms with van der Waals surface area (Å²) in [4.78, 5) is 25.7. The fourth-order valence-corrected chi connectivity index (χ4v) is 5.02. The normalized spacial score (nSPS) is 14.5. The van der Waals surface area contributed by atoms with Crippen LogP contribution in [0.5, 0.6) is 0 Å². The number of pyridine rings is 2. The molecule has 6 nitrogen and oxygen atoms in total. The summed E-state index contributed by atoms with van der Waals surface area (Å²) >= 11 is 1.65. The van der Waals surface area contributed by atoms with E-state index in [4.69, 9.17) is 0 Å². The molecule has 1 saturated carbocycles. The van der Waals surface area contributed by atoms with Crippen LogP contribution >= 0.6 is 11.5 Å². The smallest absolute Gasteiger partial charge is 0.285 e. The SMILES string of the molecule is Cc1cnc2ccc(=O)n(Cc3ncccc3C(F)(F)F)c2n1.Cc1sncc1C1CCCCC1. The Bertz CT molecular complexity index is 1360. The first kappa shape index (κ1) is 25.0. The zero-order valence-corrected chi connectivity index (χ0v) is 20.4. The Morgan fingerprint density at radius 1 is 1.06 bits per heavy atom. The van der Waals surface area contributed by atoms with Gasteiger partial charge in [-0.05, 0) is 67.9 Å². The molecule has 0 aromatic carbocycles. The summed E-state index contributed by atoms with van der Waals surface area (Å²) in [5.41, 5.74) is 1.18. The monoisotopic (exact) mass is 501 g/mol. The van der Waals surface area contributed by atoms with E-state index in [0.29, 0.717) is 11.2 Å². The van der Waals surface area contributed by atoms with Crippen LogP contribution in [-0.2, 0) is 12.7 Å². The zero-order valence-electron chi connectivity index (χ0n) is 19.5. The number of hydrogen-bond acceptors (Lipinski definition) is 6. The van der Waals surface area contributed by atoms with Crippen LogP contribution in [0.25, 0.3) is 11.2 Å². The molecule has 0 aliphatic heterocycles. The highest BCUT2D eigenvalue weighted by Crippen LogP contribution is 2.35. The van der Waals surface area contributed by atoms with Crippen molar-refractivity contribution in [1.82, 2.24) is 23.9 Å². The molecule has 0 radical (unpaired) electrons. The highest BCUT2D eigenvalue weighted by Gasteiger charge is 2.34. The van der Waals surface area contributed by atoms with E-state index in [9.17, 15) is 18.0 Å². The van der Waals surface area contributed by atoms with Gasteiger partial charge in [0.15, 0.2) is 5.65 Å². The van der Waals surface area contributed by atoms with Crippen molar-refractivity contribution in [1.29, 1.82) is 0 Å². The number of hydrogen-bond donors (Lipinski definition) is 0.